The Hall–Kier alpha value is -4.43. The average molecular weight is 640 g/mol. The van der Waals surface area contributed by atoms with Gasteiger partial charge in [0.15, 0.2) is 0 Å². The molecule has 4 rings (SSSR count). The van der Waals surface area contributed by atoms with Gasteiger partial charge in [-0.2, -0.15) is 0 Å². The Kier molecular flexibility index (Phi) is 12.1. The van der Waals surface area contributed by atoms with E-state index in [0.29, 0.717) is 18.7 Å². The fourth-order valence-corrected chi connectivity index (χ4v) is 6.81. The molecule has 2 amide bonds. The van der Waals surface area contributed by atoms with E-state index in [1.54, 1.807) is 41.3 Å². The van der Waals surface area contributed by atoms with Crippen LogP contribution in [-0.4, -0.2) is 44.3 Å². The summed E-state index contributed by atoms with van der Waals surface area (Å²) >= 11 is 0. The molecule has 0 fully saturated rings. The zero-order valence-electron chi connectivity index (χ0n) is 27.3. The van der Waals surface area contributed by atoms with Gasteiger partial charge in [-0.15, -0.1) is 0 Å². The summed E-state index contributed by atoms with van der Waals surface area (Å²) in [7, 11) is -4.15. The molecule has 1 unspecified atom stereocenters. The Morgan fingerprint density at radius 2 is 1.37 bits per heavy atom. The molecule has 46 heavy (non-hydrogen) atoms. The smallest absolute Gasteiger partial charge is 0.264 e. The Balaban J connectivity index is 1.81. The largest absolute Gasteiger partial charge is 0.354 e. The molecule has 8 heteroatoms. The highest BCUT2D eigenvalue weighted by Gasteiger charge is 2.35. The summed E-state index contributed by atoms with van der Waals surface area (Å²) in [6.45, 7) is 8.06. The fourth-order valence-electron chi connectivity index (χ4n) is 5.35. The number of hydrogen-bond acceptors (Lipinski definition) is 4. The predicted octanol–water partition coefficient (Wildman–Crippen LogP) is 6.62. The lowest BCUT2D eigenvalue weighted by Gasteiger charge is -2.34. The van der Waals surface area contributed by atoms with Gasteiger partial charge in [-0.05, 0) is 61.6 Å². The highest BCUT2D eigenvalue weighted by atomic mass is 32.2. The van der Waals surface area contributed by atoms with Crippen molar-refractivity contribution in [1.29, 1.82) is 0 Å². The minimum Gasteiger partial charge on any atom is -0.354 e. The number of amides is 2. The van der Waals surface area contributed by atoms with Crippen LogP contribution in [0.5, 0.6) is 0 Å². The number of sulfonamides is 1. The fraction of sp³-hybridized carbons (Fsp3) is 0.316. The highest BCUT2D eigenvalue weighted by Crippen LogP contribution is 2.29. The summed E-state index contributed by atoms with van der Waals surface area (Å²) in [5.74, 6) is -0.728. The van der Waals surface area contributed by atoms with Gasteiger partial charge in [0.1, 0.15) is 12.6 Å². The van der Waals surface area contributed by atoms with Crippen LogP contribution in [0.4, 0.5) is 5.69 Å². The summed E-state index contributed by atoms with van der Waals surface area (Å²) in [4.78, 5) is 30.2. The van der Waals surface area contributed by atoms with Gasteiger partial charge in [0.25, 0.3) is 10.0 Å². The van der Waals surface area contributed by atoms with Gasteiger partial charge >= 0.3 is 0 Å². The van der Waals surface area contributed by atoms with Crippen LogP contribution in [0.1, 0.15) is 54.5 Å². The van der Waals surface area contributed by atoms with Crippen molar-refractivity contribution in [2.75, 3.05) is 17.4 Å². The minimum atomic E-state index is -4.15. The van der Waals surface area contributed by atoms with Crippen LogP contribution in [0.25, 0.3) is 0 Å². The second-order valence-electron chi connectivity index (χ2n) is 11.7. The molecule has 0 aliphatic heterocycles. The number of carbonyl (C=O) groups is 2. The molecular weight excluding hydrogens is 595 g/mol. The van der Waals surface area contributed by atoms with Crippen LogP contribution < -0.4 is 9.62 Å². The first-order valence-corrected chi connectivity index (χ1v) is 17.4. The molecular formula is C38H45N3O4S. The Bertz CT molecular complexity index is 1690. The van der Waals surface area contributed by atoms with Crippen molar-refractivity contribution >= 4 is 27.5 Å². The lowest BCUT2D eigenvalue weighted by molar-refractivity contribution is -0.140. The minimum absolute atomic E-state index is 0.0973. The van der Waals surface area contributed by atoms with Crippen LogP contribution in [0.3, 0.4) is 0 Å². The van der Waals surface area contributed by atoms with E-state index in [1.807, 2.05) is 87.5 Å². The molecule has 4 aromatic rings. The lowest BCUT2D eigenvalue weighted by atomic mass is 10.0. The molecule has 4 aromatic carbocycles. The first-order valence-electron chi connectivity index (χ1n) is 16.0. The Morgan fingerprint density at radius 3 is 2.00 bits per heavy atom. The maximum atomic E-state index is 14.6. The van der Waals surface area contributed by atoms with E-state index in [4.69, 9.17) is 0 Å². The van der Waals surface area contributed by atoms with Crippen LogP contribution in [0.15, 0.2) is 108 Å². The van der Waals surface area contributed by atoms with Gasteiger partial charge in [-0.1, -0.05) is 116 Å². The van der Waals surface area contributed by atoms with Crippen LogP contribution in [0, 0.1) is 13.8 Å². The topological polar surface area (TPSA) is 86.8 Å². The van der Waals surface area contributed by atoms with Gasteiger partial charge in [0.05, 0.1) is 10.6 Å². The first kappa shape index (κ1) is 34.4. The third-order valence-electron chi connectivity index (χ3n) is 8.10. The molecule has 0 saturated heterocycles. The molecule has 0 aromatic heterocycles. The molecule has 0 heterocycles. The molecule has 7 nitrogen and oxygen atoms in total. The molecule has 0 bridgehead atoms. The van der Waals surface area contributed by atoms with Gasteiger partial charge in [-0.25, -0.2) is 8.42 Å². The maximum absolute atomic E-state index is 14.6. The number of benzene rings is 4. The molecule has 1 atom stereocenters. The second kappa shape index (κ2) is 16.2. The van der Waals surface area contributed by atoms with Gasteiger partial charge in [0.2, 0.25) is 11.8 Å². The van der Waals surface area contributed by atoms with Crippen molar-refractivity contribution in [2.24, 2.45) is 0 Å². The van der Waals surface area contributed by atoms with Crippen molar-refractivity contribution in [1.82, 2.24) is 10.2 Å². The maximum Gasteiger partial charge on any atom is 0.264 e. The molecule has 0 saturated carbocycles. The monoisotopic (exact) mass is 639 g/mol. The van der Waals surface area contributed by atoms with Crippen LogP contribution in [-0.2, 0) is 39.0 Å². The third kappa shape index (κ3) is 8.85. The number of anilines is 1. The number of hydrogen-bond donors (Lipinski definition) is 1. The second-order valence-corrected chi connectivity index (χ2v) is 13.5. The van der Waals surface area contributed by atoms with Crippen LogP contribution >= 0.6 is 0 Å². The third-order valence-corrected chi connectivity index (χ3v) is 9.88. The van der Waals surface area contributed by atoms with Crippen molar-refractivity contribution in [3.05, 3.63) is 131 Å². The number of nitrogens with zero attached hydrogens (tertiary/aromatic N) is 2. The number of nitrogens with one attached hydrogen (secondary N) is 1. The summed E-state index contributed by atoms with van der Waals surface area (Å²) < 4.78 is 29.8. The molecule has 242 valence electrons. The van der Waals surface area contributed by atoms with Gasteiger partial charge in [0, 0.05) is 19.5 Å². The van der Waals surface area contributed by atoms with Crippen molar-refractivity contribution in [3.8, 4) is 0 Å². The SMILES string of the molecule is CCCCNC(=O)C(Cc1ccccc1)N(Cc1ccc(C)cc1)C(=O)CN(c1ccccc1CC)S(=O)(=O)c1ccc(C)cc1. The first-order chi connectivity index (χ1) is 22.1. The van der Waals surface area contributed by atoms with Gasteiger partial charge < -0.3 is 10.2 Å². The molecule has 0 aliphatic carbocycles. The van der Waals surface area contributed by atoms with E-state index in [-0.39, 0.29) is 23.8 Å². The van der Waals surface area contributed by atoms with E-state index in [9.17, 15) is 18.0 Å². The summed E-state index contributed by atoms with van der Waals surface area (Å²) in [5.41, 5.74) is 5.00. The standard InChI is InChI=1S/C38H45N3O4S/c1-5-7-25-39-38(43)36(26-31-13-9-8-10-14-31)40(27-32-21-17-29(3)18-22-32)37(42)28-41(35-16-12-11-15-33(35)6-2)46(44,45)34-23-19-30(4)20-24-34/h8-24,36H,5-7,25-28H2,1-4H3,(H,39,43). The van der Waals surface area contributed by atoms with Crippen LogP contribution in [0.2, 0.25) is 0 Å². The average Bonchev–Trinajstić information content (AvgIpc) is 3.06. The van der Waals surface area contributed by atoms with E-state index < -0.39 is 28.5 Å². The summed E-state index contributed by atoms with van der Waals surface area (Å²) in [6, 6.07) is 30.5. The Labute approximate surface area is 274 Å². The van der Waals surface area contributed by atoms with Crippen molar-refractivity contribution in [2.45, 2.75) is 70.9 Å². The number of aryl methyl sites for hydroxylation is 3. The predicted molar refractivity (Wildman–Crippen MR) is 185 cm³/mol. The number of carbonyl (C=O) groups excluding carboxylic acids is 2. The molecule has 0 spiro atoms. The van der Waals surface area contributed by atoms with Gasteiger partial charge in [-0.3, -0.25) is 13.9 Å². The Morgan fingerprint density at radius 1 is 0.761 bits per heavy atom. The zero-order chi connectivity index (χ0) is 33.1. The highest BCUT2D eigenvalue weighted by molar-refractivity contribution is 7.92. The van der Waals surface area contributed by atoms with E-state index >= 15 is 0 Å². The molecule has 0 aliphatic rings. The van der Waals surface area contributed by atoms with Crippen molar-refractivity contribution < 1.29 is 18.0 Å². The van der Waals surface area contributed by atoms with E-state index in [1.165, 1.54) is 4.31 Å². The summed E-state index contributed by atoms with van der Waals surface area (Å²) in [6.07, 6.45) is 2.59. The molecule has 0 radical (unpaired) electrons. The summed E-state index contributed by atoms with van der Waals surface area (Å²) in [5, 5.41) is 3.03. The van der Waals surface area contributed by atoms with E-state index in [0.717, 1.165) is 40.7 Å². The zero-order valence-corrected chi connectivity index (χ0v) is 28.1. The normalized spacial score (nSPS) is 11.9. The number of para-hydroxylation sites is 1. The van der Waals surface area contributed by atoms with E-state index in [2.05, 4.69) is 12.2 Å². The lowest BCUT2D eigenvalue weighted by Crippen LogP contribution is -2.53. The number of rotatable bonds is 15. The quantitative estimate of drug-likeness (QED) is 0.148. The number of unbranched alkanes of at least 4 members (excludes halogenated alkanes) is 1. The molecule has 1 N–H and O–H groups in total. The van der Waals surface area contributed by atoms with Crippen molar-refractivity contribution in [3.63, 3.8) is 0 Å².